The Morgan fingerprint density at radius 1 is 1.29 bits per heavy atom. The zero-order valence-electron chi connectivity index (χ0n) is 9.63. The summed E-state index contributed by atoms with van der Waals surface area (Å²) in [6, 6.07) is 0. The third kappa shape index (κ3) is 3.11. The van der Waals surface area contributed by atoms with Gasteiger partial charge in [0.1, 0.15) is 0 Å². The predicted molar refractivity (Wildman–Crippen MR) is 61.7 cm³/mol. The van der Waals surface area contributed by atoms with Gasteiger partial charge in [-0.1, -0.05) is 0 Å². The van der Waals surface area contributed by atoms with Crippen molar-refractivity contribution >= 4 is 11.8 Å². The van der Waals surface area contributed by atoms with Crippen molar-refractivity contribution in [1.29, 1.82) is 0 Å². The second-order valence-corrected chi connectivity index (χ2v) is 3.99. The molecule has 2 N–H and O–H groups in total. The molecule has 0 radical (unpaired) electrons. The summed E-state index contributed by atoms with van der Waals surface area (Å²) >= 11 is 0. The van der Waals surface area contributed by atoms with Crippen molar-refractivity contribution in [3.8, 4) is 0 Å². The van der Waals surface area contributed by atoms with Crippen LogP contribution in [0.2, 0.25) is 0 Å². The van der Waals surface area contributed by atoms with Crippen LogP contribution in [0.3, 0.4) is 0 Å². The molecule has 1 aromatic heterocycles. The SMILES string of the molecule is CN1CCN(Nc2cnc(C(=O)O)cn2)CC1. The highest BCUT2D eigenvalue weighted by Crippen LogP contribution is 2.05. The van der Waals surface area contributed by atoms with Crippen molar-refractivity contribution in [2.24, 2.45) is 0 Å². The molecule has 0 amide bonds. The Bertz CT molecular complexity index is 386. The van der Waals surface area contributed by atoms with Gasteiger partial charge >= 0.3 is 5.97 Å². The first-order chi connectivity index (χ1) is 8.15. The molecule has 0 atom stereocenters. The quantitative estimate of drug-likeness (QED) is 0.750. The minimum atomic E-state index is -1.07. The number of nitrogens with zero attached hydrogens (tertiary/aromatic N) is 4. The average Bonchev–Trinajstić information content (AvgIpc) is 2.33. The number of hydrazine groups is 1. The van der Waals surface area contributed by atoms with Crippen LogP contribution in [0.4, 0.5) is 5.82 Å². The largest absolute Gasteiger partial charge is 0.476 e. The van der Waals surface area contributed by atoms with Crippen molar-refractivity contribution in [2.45, 2.75) is 0 Å². The minimum absolute atomic E-state index is 0.0473. The molecule has 0 aromatic carbocycles. The first kappa shape index (κ1) is 11.7. The Hall–Kier alpha value is -1.73. The van der Waals surface area contributed by atoms with Gasteiger partial charge in [0.25, 0.3) is 0 Å². The van der Waals surface area contributed by atoms with Crippen molar-refractivity contribution in [2.75, 3.05) is 38.7 Å². The second-order valence-electron chi connectivity index (χ2n) is 3.99. The maximum Gasteiger partial charge on any atom is 0.356 e. The lowest BCUT2D eigenvalue weighted by molar-refractivity contribution is 0.0690. The van der Waals surface area contributed by atoms with E-state index in [1.165, 1.54) is 12.4 Å². The number of hydrogen-bond donors (Lipinski definition) is 2. The van der Waals surface area contributed by atoms with Crippen LogP contribution < -0.4 is 5.43 Å². The van der Waals surface area contributed by atoms with Crippen molar-refractivity contribution in [1.82, 2.24) is 19.9 Å². The maximum absolute atomic E-state index is 10.6. The second kappa shape index (κ2) is 5.07. The topological polar surface area (TPSA) is 81.6 Å². The summed E-state index contributed by atoms with van der Waals surface area (Å²) in [5.41, 5.74) is 3.06. The number of piperazine rings is 1. The maximum atomic E-state index is 10.6. The Balaban J connectivity index is 1.92. The number of carboxylic acids is 1. The molecule has 0 spiro atoms. The fourth-order valence-electron chi connectivity index (χ4n) is 1.58. The number of rotatable bonds is 3. The van der Waals surface area contributed by atoms with Gasteiger partial charge in [0, 0.05) is 26.2 Å². The van der Waals surface area contributed by atoms with E-state index in [9.17, 15) is 4.79 Å². The number of nitrogens with one attached hydrogen (secondary N) is 1. The van der Waals surface area contributed by atoms with E-state index in [0.717, 1.165) is 26.2 Å². The summed E-state index contributed by atoms with van der Waals surface area (Å²) in [6.07, 6.45) is 2.68. The molecule has 7 nitrogen and oxygen atoms in total. The molecule has 92 valence electrons. The van der Waals surface area contributed by atoms with Gasteiger partial charge in [-0.05, 0) is 7.05 Å². The van der Waals surface area contributed by atoms with Crippen LogP contribution in [0.1, 0.15) is 10.5 Å². The van der Waals surface area contributed by atoms with Crippen LogP contribution in [0, 0.1) is 0 Å². The van der Waals surface area contributed by atoms with Crippen LogP contribution in [-0.4, -0.2) is 64.2 Å². The molecule has 17 heavy (non-hydrogen) atoms. The normalized spacial score (nSPS) is 17.9. The van der Waals surface area contributed by atoms with E-state index < -0.39 is 5.97 Å². The van der Waals surface area contributed by atoms with E-state index >= 15 is 0 Å². The number of anilines is 1. The van der Waals surface area contributed by atoms with Crippen LogP contribution in [0.5, 0.6) is 0 Å². The van der Waals surface area contributed by atoms with Gasteiger partial charge in [-0.25, -0.2) is 19.8 Å². The molecule has 2 heterocycles. The number of hydrogen-bond acceptors (Lipinski definition) is 6. The van der Waals surface area contributed by atoms with E-state index in [2.05, 4.69) is 27.3 Å². The summed E-state index contributed by atoms with van der Waals surface area (Å²) in [6.45, 7) is 3.79. The summed E-state index contributed by atoms with van der Waals surface area (Å²) in [7, 11) is 2.08. The Morgan fingerprint density at radius 2 is 2.00 bits per heavy atom. The Kier molecular flexibility index (Phi) is 3.50. The van der Waals surface area contributed by atoms with Crippen LogP contribution in [0.15, 0.2) is 12.4 Å². The van der Waals surface area contributed by atoms with Gasteiger partial charge < -0.3 is 15.4 Å². The number of likely N-dealkylation sites (N-methyl/N-ethyl adjacent to an activating group) is 1. The predicted octanol–water partition coefficient (Wildman–Crippen LogP) is -0.251. The van der Waals surface area contributed by atoms with E-state index in [-0.39, 0.29) is 5.69 Å². The van der Waals surface area contributed by atoms with Gasteiger partial charge in [0.05, 0.1) is 12.4 Å². The number of aromatic nitrogens is 2. The van der Waals surface area contributed by atoms with Crippen molar-refractivity contribution in [3.05, 3.63) is 18.1 Å². The summed E-state index contributed by atoms with van der Waals surface area (Å²) < 4.78 is 0. The highest BCUT2D eigenvalue weighted by molar-refractivity contribution is 5.84. The highest BCUT2D eigenvalue weighted by atomic mass is 16.4. The van der Waals surface area contributed by atoms with Gasteiger partial charge in [0.15, 0.2) is 11.5 Å². The van der Waals surface area contributed by atoms with E-state index in [1.807, 2.05) is 5.01 Å². The summed E-state index contributed by atoms with van der Waals surface area (Å²) in [5.74, 6) is -0.497. The monoisotopic (exact) mass is 237 g/mol. The van der Waals surface area contributed by atoms with Crippen molar-refractivity contribution in [3.63, 3.8) is 0 Å². The lowest BCUT2D eigenvalue weighted by atomic mass is 10.4. The van der Waals surface area contributed by atoms with Crippen molar-refractivity contribution < 1.29 is 9.90 Å². The zero-order valence-corrected chi connectivity index (χ0v) is 9.63. The van der Waals surface area contributed by atoms with E-state index in [0.29, 0.717) is 5.82 Å². The molecule has 1 saturated heterocycles. The van der Waals surface area contributed by atoms with Gasteiger partial charge in [-0.2, -0.15) is 0 Å². The third-order valence-corrected chi connectivity index (χ3v) is 2.65. The van der Waals surface area contributed by atoms with Crippen LogP contribution in [0.25, 0.3) is 0 Å². The molecule has 7 heteroatoms. The average molecular weight is 237 g/mol. The first-order valence-corrected chi connectivity index (χ1v) is 5.40. The summed E-state index contributed by atoms with van der Waals surface area (Å²) in [5, 5.41) is 10.7. The molecule has 0 unspecified atom stereocenters. The Labute approximate surface area is 99.0 Å². The lowest BCUT2D eigenvalue weighted by Gasteiger charge is -2.32. The lowest BCUT2D eigenvalue weighted by Crippen LogP contribution is -2.47. The third-order valence-electron chi connectivity index (χ3n) is 2.65. The zero-order chi connectivity index (χ0) is 12.3. The minimum Gasteiger partial charge on any atom is -0.476 e. The molecule has 1 fully saturated rings. The molecule has 1 aromatic rings. The molecule has 0 aliphatic carbocycles. The number of carbonyl (C=O) groups is 1. The van der Waals surface area contributed by atoms with Gasteiger partial charge in [-0.15, -0.1) is 0 Å². The van der Waals surface area contributed by atoms with Crippen LogP contribution in [-0.2, 0) is 0 Å². The van der Waals surface area contributed by atoms with Gasteiger partial charge in [-0.3, -0.25) is 0 Å². The summed E-state index contributed by atoms with van der Waals surface area (Å²) in [4.78, 5) is 20.6. The molecule has 0 bridgehead atoms. The first-order valence-electron chi connectivity index (χ1n) is 5.40. The van der Waals surface area contributed by atoms with E-state index in [4.69, 9.17) is 5.11 Å². The molecular formula is C10H15N5O2. The standard InChI is InChI=1S/C10H15N5O2/c1-14-2-4-15(5-3-14)13-9-7-11-8(6-12-9)10(16)17/h6-7H,2-5H2,1H3,(H,12,13)(H,16,17). The van der Waals surface area contributed by atoms with Crippen LogP contribution >= 0.6 is 0 Å². The number of carboxylic acid groups (broad SMARTS) is 1. The molecule has 1 aliphatic heterocycles. The fraction of sp³-hybridized carbons (Fsp3) is 0.500. The smallest absolute Gasteiger partial charge is 0.356 e. The fourth-order valence-corrected chi connectivity index (χ4v) is 1.58. The molecule has 0 saturated carbocycles. The van der Waals surface area contributed by atoms with E-state index in [1.54, 1.807) is 0 Å². The number of aromatic carboxylic acids is 1. The van der Waals surface area contributed by atoms with Gasteiger partial charge in [0.2, 0.25) is 0 Å². The molecular weight excluding hydrogens is 222 g/mol. The molecule has 2 rings (SSSR count). The molecule has 1 aliphatic rings. The highest BCUT2D eigenvalue weighted by Gasteiger charge is 2.14. The Morgan fingerprint density at radius 3 is 2.53 bits per heavy atom.